The second kappa shape index (κ2) is 9.17. The number of nitrogens with zero attached hydrogens (tertiary/aromatic N) is 3. The van der Waals surface area contributed by atoms with Gasteiger partial charge in [-0.3, -0.25) is 14.6 Å². The molecule has 3 amide bonds. The maximum Gasteiger partial charge on any atom is 0.333 e. The maximum atomic E-state index is 14.3. The minimum Gasteiger partial charge on any atom is -0.457 e. The molecule has 1 aliphatic carbocycles. The summed E-state index contributed by atoms with van der Waals surface area (Å²) in [6, 6.07) is 16.6. The number of aromatic nitrogens is 1. The second-order valence-electron chi connectivity index (χ2n) is 9.47. The van der Waals surface area contributed by atoms with Gasteiger partial charge in [-0.25, -0.2) is 9.78 Å². The number of amides is 3. The summed E-state index contributed by atoms with van der Waals surface area (Å²) >= 11 is 1.21. The number of benzene rings is 2. The highest BCUT2D eigenvalue weighted by atomic mass is 32.1. The number of urea groups is 1. The lowest BCUT2D eigenvalue weighted by Crippen LogP contribution is -2.51. The van der Waals surface area contributed by atoms with Gasteiger partial charge in [0.25, 0.3) is 5.91 Å². The molecule has 1 fully saturated rings. The van der Waals surface area contributed by atoms with Gasteiger partial charge in [0.15, 0.2) is 0 Å². The van der Waals surface area contributed by atoms with Crippen LogP contribution in [0, 0.1) is 6.92 Å². The van der Waals surface area contributed by atoms with Crippen molar-refractivity contribution in [3.8, 4) is 11.5 Å². The van der Waals surface area contributed by atoms with Crippen molar-refractivity contribution in [2.24, 2.45) is 5.73 Å². The van der Waals surface area contributed by atoms with Crippen LogP contribution in [0.2, 0.25) is 0 Å². The first-order valence-electron chi connectivity index (χ1n) is 12.3. The van der Waals surface area contributed by atoms with Gasteiger partial charge in [-0.05, 0) is 74.6 Å². The summed E-state index contributed by atoms with van der Waals surface area (Å²) in [5, 5.41) is 10.8. The van der Waals surface area contributed by atoms with Crippen molar-refractivity contribution in [3.05, 3.63) is 71.2 Å². The Morgan fingerprint density at radius 3 is 2.51 bits per heavy atom. The summed E-state index contributed by atoms with van der Waals surface area (Å²) in [4.78, 5) is 35.7. The van der Waals surface area contributed by atoms with Crippen molar-refractivity contribution < 1.29 is 19.4 Å². The number of thiophene rings is 1. The molecule has 4 aromatic rings. The highest BCUT2D eigenvalue weighted by Gasteiger charge is 2.42. The van der Waals surface area contributed by atoms with Gasteiger partial charge < -0.3 is 15.6 Å². The van der Waals surface area contributed by atoms with Crippen molar-refractivity contribution in [1.29, 1.82) is 0 Å². The van der Waals surface area contributed by atoms with Crippen LogP contribution < -0.4 is 20.3 Å². The smallest absolute Gasteiger partial charge is 0.333 e. The normalized spacial score (nSPS) is 19.4. The van der Waals surface area contributed by atoms with Crippen molar-refractivity contribution in [2.45, 2.75) is 44.8 Å². The van der Waals surface area contributed by atoms with E-state index in [4.69, 9.17) is 10.5 Å². The van der Waals surface area contributed by atoms with Gasteiger partial charge in [0.05, 0.1) is 28.6 Å². The average Bonchev–Trinajstić information content (AvgIpc) is 3.28. The zero-order chi connectivity index (χ0) is 25.7. The average molecular weight is 515 g/mol. The number of rotatable bonds is 5. The minimum atomic E-state index is -0.579. The topological polar surface area (TPSA) is 109 Å². The Balaban J connectivity index is 1.48. The second-order valence-corrected chi connectivity index (χ2v) is 10.5. The summed E-state index contributed by atoms with van der Waals surface area (Å²) < 4.78 is 6.00. The van der Waals surface area contributed by atoms with Crippen molar-refractivity contribution >= 4 is 50.6 Å². The lowest BCUT2D eigenvalue weighted by molar-refractivity contribution is 0.100. The summed E-state index contributed by atoms with van der Waals surface area (Å²) in [7, 11) is 0. The van der Waals surface area contributed by atoms with E-state index in [1.54, 1.807) is 22.1 Å². The molecule has 0 radical (unpaired) electrons. The predicted octanol–water partition coefficient (Wildman–Crippen LogP) is 5.88. The molecule has 2 aromatic carbocycles. The van der Waals surface area contributed by atoms with Crippen LogP contribution in [-0.2, 0) is 0 Å². The first kappa shape index (κ1) is 23.4. The van der Waals surface area contributed by atoms with E-state index in [1.165, 1.54) is 11.3 Å². The minimum absolute atomic E-state index is 0.163. The zero-order valence-electron chi connectivity index (χ0n) is 20.3. The fraction of sp³-hybridized carbons (Fsp3) is 0.250. The van der Waals surface area contributed by atoms with Gasteiger partial charge >= 0.3 is 6.03 Å². The van der Waals surface area contributed by atoms with Gasteiger partial charge in [-0.15, -0.1) is 11.3 Å². The molecule has 9 heteroatoms. The van der Waals surface area contributed by atoms with Crippen LogP contribution in [0.4, 0.5) is 21.9 Å². The Kier molecular flexibility index (Phi) is 5.81. The molecule has 188 valence electrons. The largest absolute Gasteiger partial charge is 0.457 e. The molecule has 8 nitrogen and oxygen atoms in total. The highest BCUT2D eigenvalue weighted by Crippen LogP contribution is 2.50. The van der Waals surface area contributed by atoms with Crippen LogP contribution in [0.5, 0.6) is 11.5 Å². The summed E-state index contributed by atoms with van der Waals surface area (Å²) in [5.74, 6) is 0.818. The van der Waals surface area contributed by atoms with E-state index >= 15 is 0 Å². The number of para-hydroxylation sites is 1. The number of carbonyl (C=O) groups is 2. The standard InChI is InChI=1S/C28H26N4O4S/c1-16-15-20(36-19-5-3-2-4-6-19)11-12-21(16)32-22-13-14-30-27-23(22)24(25(37-27)26(29)34)31(28(32)35)17-7-9-18(33)10-8-17/h2-6,11-15,17-18,33H,7-10H2,1H3,(H2,29,34). The number of aliphatic hydroxyl groups is 1. The quantitative estimate of drug-likeness (QED) is 0.346. The van der Waals surface area contributed by atoms with Crippen LogP contribution >= 0.6 is 11.3 Å². The van der Waals surface area contributed by atoms with Gasteiger partial charge in [-0.2, -0.15) is 0 Å². The number of aliphatic hydroxyl groups excluding tert-OH is 1. The monoisotopic (exact) mass is 514 g/mol. The van der Waals surface area contributed by atoms with Gasteiger partial charge in [0.1, 0.15) is 21.2 Å². The van der Waals surface area contributed by atoms with Crippen molar-refractivity contribution in [1.82, 2.24) is 4.98 Å². The molecule has 3 N–H and O–H groups in total. The fourth-order valence-electron chi connectivity index (χ4n) is 5.34. The number of anilines is 3. The van der Waals surface area contributed by atoms with Crippen molar-refractivity contribution in [3.63, 3.8) is 0 Å². The predicted molar refractivity (Wildman–Crippen MR) is 144 cm³/mol. The Labute approximate surface area is 217 Å². The summed E-state index contributed by atoms with van der Waals surface area (Å²) in [6.07, 6.45) is 3.73. The first-order chi connectivity index (χ1) is 17.9. The molecular weight excluding hydrogens is 488 g/mol. The molecule has 6 rings (SSSR count). The van der Waals surface area contributed by atoms with E-state index in [1.807, 2.05) is 55.5 Å². The van der Waals surface area contributed by atoms with E-state index in [9.17, 15) is 14.7 Å². The maximum absolute atomic E-state index is 14.3. The Morgan fingerprint density at radius 1 is 1.05 bits per heavy atom. The molecular formula is C28H26N4O4S. The van der Waals surface area contributed by atoms with Gasteiger partial charge in [0, 0.05) is 12.2 Å². The number of nitrogens with two attached hydrogens (primary N) is 1. The third-order valence-electron chi connectivity index (χ3n) is 7.07. The van der Waals surface area contributed by atoms with Crippen LogP contribution in [0.15, 0.2) is 60.8 Å². The third-order valence-corrected chi connectivity index (χ3v) is 8.17. The van der Waals surface area contributed by atoms with E-state index in [0.29, 0.717) is 52.5 Å². The number of ether oxygens (including phenoxy) is 1. The molecule has 1 aliphatic heterocycles. The summed E-state index contributed by atoms with van der Waals surface area (Å²) in [6.45, 7) is 1.94. The van der Waals surface area contributed by atoms with Crippen molar-refractivity contribution in [2.75, 3.05) is 9.80 Å². The Morgan fingerprint density at radius 2 is 1.81 bits per heavy atom. The zero-order valence-corrected chi connectivity index (χ0v) is 21.1. The lowest BCUT2D eigenvalue weighted by Gasteiger charge is -2.42. The molecule has 0 unspecified atom stereocenters. The van der Waals surface area contributed by atoms with Gasteiger partial charge in [0.2, 0.25) is 0 Å². The number of aryl methyl sites for hydroxylation is 1. The van der Waals surface area contributed by atoms with E-state index in [2.05, 4.69) is 4.98 Å². The molecule has 2 aliphatic rings. The highest BCUT2D eigenvalue weighted by molar-refractivity contribution is 7.21. The Bertz CT molecular complexity index is 1510. The Hall–Kier alpha value is -3.95. The molecule has 0 bridgehead atoms. The first-order valence-corrected chi connectivity index (χ1v) is 13.1. The SMILES string of the molecule is Cc1cc(Oc2ccccc2)ccc1N1C(=O)N(C2CCC(O)CC2)c2c(C(N)=O)sc3nccc1c23. The van der Waals surface area contributed by atoms with E-state index in [0.717, 1.165) is 22.4 Å². The van der Waals surface area contributed by atoms with E-state index in [-0.39, 0.29) is 18.2 Å². The third kappa shape index (κ3) is 4.00. The van der Waals surface area contributed by atoms with Crippen LogP contribution in [0.3, 0.4) is 0 Å². The van der Waals surface area contributed by atoms with E-state index < -0.39 is 5.91 Å². The summed E-state index contributed by atoms with van der Waals surface area (Å²) in [5.41, 5.74) is 8.56. The molecule has 2 aromatic heterocycles. The lowest BCUT2D eigenvalue weighted by atomic mass is 9.91. The number of primary amides is 1. The fourth-order valence-corrected chi connectivity index (χ4v) is 6.34. The molecule has 1 saturated carbocycles. The number of hydrogen-bond acceptors (Lipinski definition) is 6. The number of pyridine rings is 1. The van der Waals surface area contributed by atoms with Crippen LogP contribution in [0.1, 0.15) is 40.9 Å². The molecule has 3 heterocycles. The van der Waals surface area contributed by atoms with Gasteiger partial charge in [-0.1, -0.05) is 18.2 Å². The molecule has 0 saturated heterocycles. The van der Waals surface area contributed by atoms with Crippen LogP contribution in [0.25, 0.3) is 10.2 Å². The molecule has 37 heavy (non-hydrogen) atoms. The molecule has 0 atom stereocenters. The molecule has 0 spiro atoms. The van der Waals surface area contributed by atoms with Crippen LogP contribution in [-0.4, -0.2) is 34.2 Å². The number of carbonyl (C=O) groups excluding carboxylic acids is 2. The number of hydrogen-bond donors (Lipinski definition) is 2.